The van der Waals surface area contributed by atoms with Crippen molar-refractivity contribution in [2.75, 3.05) is 5.32 Å². The first-order valence-electron chi connectivity index (χ1n) is 9.31. The Morgan fingerprint density at radius 2 is 1.69 bits per heavy atom. The van der Waals surface area contributed by atoms with Crippen molar-refractivity contribution in [2.24, 2.45) is 0 Å². The molecule has 0 bridgehead atoms. The summed E-state index contributed by atoms with van der Waals surface area (Å²) in [7, 11) is 0. The second-order valence-corrected chi connectivity index (χ2v) is 8.39. The summed E-state index contributed by atoms with van der Waals surface area (Å²) in [4.78, 5) is 24.9. The van der Waals surface area contributed by atoms with E-state index in [9.17, 15) is 9.59 Å². The van der Waals surface area contributed by atoms with Gasteiger partial charge in [0.2, 0.25) is 11.0 Å². The predicted molar refractivity (Wildman–Crippen MR) is 113 cm³/mol. The van der Waals surface area contributed by atoms with Gasteiger partial charge in [-0.3, -0.25) is 4.79 Å². The topological polar surface area (TPSA) is 98.2 Å². The molecule has 3 heterocycles. The van der Waals surface area contributed by atoms with Gasteiger partial charge in [-0.1, -0.05) is 11.3 Å². The molecule has 0 aliphatic heterocycles. The van der Waals surface area contributed by atoms with Crippen molar-refractivity contribution >= 4 is 44.3 Å². The van der Waals surface area contributed by atoms with Crippen LogP contribution in [-0.2, 0) is 11.2 Å². The Kier molecular flexibility index (Phi) is 4.74. The van der Waals surface area contributed by atoms with Crippen LogP contribution in [0.1, 0.15) is 39.4 Å². The van der Waals surface area contributed by atoms with E-state index in [0.717, 1.165) is 43.8 Å². The minimum absolute atomic E-state index is 0.154. The lowest BCUT2D eigenvalue weighted by atomic mass is 9.98. The highest BCUT2D eigenvalue weighted by Crippen LogP contribution is 2.34. The number of nitrogens with one attached hydrogen (secondary N) is 1. The van der Waals surface area contributed by atoms with Crippen molar-refractivity contribution < 1.29 is 13.6 Å². The molecule has 4 aromatic rings. The smallest absolute Gasteiger partial charge is 0.339 e. The zero-order valence-corrected chi connectivity index (χ0v) is 17.7. The van der Waals surface area contributed by atoms with Crippen LogP contribution < -0.4 is 10.9 Å². The monoisotopic (exact) mass is 411 g/mol. The van der Waals surface area contributed by atoms with Crippen LogP contribution in [0.2, 0.25) is 0 Å². The highest BCUT2D eigenvalue weighted by molar-refractivity contribution is 7.15. The molecule has 8 heteroatoms. The molecule has 0 unspecified atom stereocenters. The fraction of sp³-hybridized carbons (Fsp3) is 0.333. The van der Waals surface area contributed by atoms with E-state index in [0.29, 0.717) is 16.3 Å². The zero-order chi connectivity index (χ0) is 20.9. The third kappa shape index (κ3) is 3.33. The summed E-state index contributed by atoms with van der Waals surface area (Å²) in [5.74, 6) is 0.634. The van der Waals surface area contributed by atoms with Gasteiger partial charge in [0.15, 0.2) is 0 Å². The van der Waals surface area contributed by atoms with E-state index in [4.69, 9.17) is 8.83 Å². The molecule has 0 aliphatic rings. The number of aromatic nitrogens is 2. The molecule has 0 saturated carbocycles. The lowest BCUT2D eigenvalue weighted by Crippen LogP contribution is -2.16. The molecule has 150 valence electrons. The third-order valence-corrected chi connectivity index (χ3v) is 6.07. The van der Waals surface area contributed by atoms with Gasteiger partial charge in [-0.05, 0) is 58.2 Å². The summed E-state index contributed by atoms with van der Waals surface area (Å²) in [6.45, 7) is 9.55. The van der Waals surface area contributed by atoms with Gasteiger partial charge in [0.05, 0.1) is 0 Å². The van der Waals surface area contributed by atoms with Crippen LogP contribution in [0.15, 0.2) is 19.7 Å². The fourth-order valence-electron chi connectivity index (χ4n) is 3.55. The molecule has 1 N–H and O–H groups in total. The minimum Gasteiger partial charge on any atom is -0.461 e. The number of carbonyl (C=O) groups excluding carboxylic acids is 1. The van der Waals surface area contributed by atoms with Gasteiger partial charge in [-0.2, -0.15) is 0 Å². The van der Waals surface area contributed by atoms with Gasteiger partial charge >= 0.3 is 5.63 Å². The highest BCUT2D eigenvalue weighted by atomic mass is 32.1. The van der Waals surface area contributed by atoms with E-state index < -0.39 is 5.63 Å². The van der Waals surface area contributed by atoms with Gasteiger partial charge < -0.3 is 14.2 Å². The Labute approximate surface area is 170 Å². The molecule has 0 fully saturated rings. The Hall–Kier alpha value is -3.00. The maximum atomic E-state index is 12.6. The summed E-state index contributed by atoms with van der Waals surface area (Å²) in [5, 5.41) is 13.6. The quantitative estimate of drug-likeness (QED) is 0.496. The van der Waals surface area contributed by atoms with Crippen LogP contribution in [0.5, 0.6) is 0 Å². The Bertz CT molecular complexity index is 1330. The summed E-state index contributed by atoms with van der Waals surface area (Å²) >= 11 is 1.31. The van der Waals surface area contributed by atoms with E-state index in [2.05, 4.69) is 15.5 Å². The van der Waals surface area contributed by atoms with E-state index >= 15 is 0 Å². The SMILES string of the molecule is Cc1nnc(NC(=O)CCc2c(C)c3cc4c(C)c(C)oc4c(C)c3oc2=O)s1. The lowest BCUT2D eigenvalue weighted by molar-refractivity contribution is -0.116. The molecule has 0 saturated heterocycles. The maximum absolute atomic E-state index is 12.6. The fourth-order valence-corrected chi connectivity index (χ4v) is 4.16. The van der Waals surface area contributed by atoms with Crippen molar-refractivity contribution in [3.05, 3.63) is 49.5 Å². The van der Waals surface area contributed by atoms with Crippen LogP contribution in [-0.4, -0.2) is 16.1 Å². The predicted octanol–water partition coefficient (Wildman–Crippen LogP) is 4.50. The number of hydrogen-bond acceptors (Lipinski definition) is 7. The number of carbonyl (C=O) groups is 1. The van der Waals surface area contributed by atoms with Crippen molar-refractivity contribution in [3.8, 4) is 0 Å². The summed E-state index contributed by atoms with van der Waals surface area (Å²) in [6.07, 6.45) is 0.439. The van der Waals surface area contributed by atoms with Crippen LogP contribution in [0.25, 0.3) is 21.9 Å². The molecule has 0 spiro atoms. The average Bonchev–Trinajstić information content (AvgIpc) is 3.20. The van der Waals surface area contributed by atoms with Crippen molar-refractivity contribution in [1.82, 2.24) is 10.2 Å². The number of anilines is 1. The summed E-state index contributed by atoms with van der Waals surface area (Å²) in [5.41, 5.74) is 4.09. The molecule has 0 aliphatic carbocycles. The molecule has 1 aromatic carbocycles. The number of nitrogens with zero attached hydrogens (tertiary/aromatic N) is 2. The minimum atomic E-state index is -0.419. The van der Waals surface area contributed by atoms with Gasteiger partial charge in [0.25, 0.3) is 0 Å². The largest absolute Gasteiger partial charge is 0.461 e. The zero-order valence-electron chi connectivity index (χ0n) is 16.9. The molecular formula is C21H21N3O4S. The standard InChI is InChI=1S/C21H21N3O4S/c1-9-12(4)27-18-11(3)19-16(8-15(9)18)10(2)14(20(26)28-19)6-7-17(25)22-21-24-23-13(5)29-21/h8H,6-7H2,1-5H3,(H,22,24,25). The Balaban J connectivity index is 1.69. The Morgan fingerprint density at radius 1 is 1.00 bits per heavy atom. The molecule has 29 heavy (non-hydrogen) atoms. The van der Waals surface area contributed by atoms with Crippen LogP contribution >= 0.6 is 11.3 Å². The van der Waals surface area contributed by atoms with Crippen molar-refractivity contribution in [2.45, 2.75) is 47.5 Å². The van der Waals surface area contributed by atoms with Crippen LogP contribution in [0, 0.1) is 34.6 Å². The number of amides is 1. The highest BCUT2D eigenvalue weighted by Gasteiger charge is 2.19. The lowest BCUT2D eigenvalue weighted by Gasteiger charge is -2.10. The van der Waals surface area contributed by atoms with Crippen molar-refractivity contribution in [1.29, 1.82) is 0 Å². The number of rotatable bonds is 4. The molecule has 7 nitrogen and oxygen atoms in total. The van der Waals surface area contributed by atoms with E-state index in [1.165, 1.54) is 11.3 Å². The average molecular weight is 411 g/mol. The van der Waals surface area contributed by atoms with Crippen LogP contribution in [0.4, 0.5) is 5.13 Å². The third-order valence-electron chi connectivity index (χ3n) is 5.32. The van der Waals surface area contributed by atoms with E-state index in [-0.39, 0.29) is 18.7 Å². The first-order valence-corrected chi connectivity index (χ1v) is 10.1. The maximum Gasteiger partial charge on any atom is 0.339 e. The second-order valence-electron chi connectivity index (χ2n) is 7.21. The first kappa shape index (κ1) is 19.3. The first-order chi connectivity index (χ1) is 13.8. The number of hydrogen-bond donors (Lipinski definition) is 1. The Morgan fingerprint density at radius 3 is 2.38 bits per heavy atom. The van der Waals surface area contributed by atoms with E-state index in [1.54, 1.807) is 0 Å². The number of furan rings is 1. The number of aryl methyl sites for hydroxylation is 5. The molecule has 0 radical (unpaired) electrons. The summed E-state index contributed by atoms with van der Waals surface area (Å²) < 4.78 is 11.5. The molecule has 0 atom stereocenters. The molecule has 3 aromatic heterocycles. The van der Waals surface area contributed by atoms with Crippen LogP contribution in [0.3, 0.4) is 0 Å². The van der Waals surface area contributed by atoms with Gasteiger partial charge in [-0.15, -0.1) is 10.2 Å². The molecule has 4 rings (SSSR count). The molecular weight excluding hydrogens is 390 g/mol. The van der Waals surface area contributed by atoms with Gasteiger partial charge in [0.1, 0.15) is 21.9 Å². The van der Waals surface area contributed by atoms with Crippen molar-refractivity contribution in [3.63, 3.8) is 0 Å². The van der Waals surface area contributed by atoms with E-state index in [1.807, 2.05) is 40.7 Å². The van der Waals surface area contributed by atoms with Gasteiger partial charge in [0, 0.05) is 28.3 Å². The van der Waals surface area contributed by atoms with Gasteiger partial charge in [-0.25, -0.2) is 4.79 Å². The normalized spacial score (nSPS) is 11.5. The molecule has 1 amide bonds. The number of fused-ring (bicyclic) bond motifs is 2. The second kappa shape index (κ2) is 7.11. The summed E-state index contributed by atoms with van der Waals surface area (Å²) in [6, 6.07) is 2.01. The number of benzene rings is 1.